The number of rotatable bonds is 4. The molecule has 4 aliphatic rings. The summed E-state index contributed by atoms with van der Waals surface area (Å²) in [6, 6.07) is 7.16. The van der Waals surface area contributed by atoms with Crippen LogP contribution in [0.5, 0.6) is 5.75 Å². The van der Waals surface area contributed by atoms with E-state index in [-0.39, 0.29) is 17.6 Å². The fraction of sp³-hybridized carbons (Fsp3) is 0.556. The molecule has 2 bridgehead atoms. The summed E-state index contributed by atoms with van der Waals surface area (Å²) in [4.78, 5) is 4.42. The number of nitrogens with two attached hydrogens (primary N) is 1. The predicted molar refractivity (Wildman–Crippen MR) is 94.2 cm³/mol. The van der Waals surface area contributed by atoms with Gasteiger partial charge in [0.25, 0.3) is 5.89 Å². The van der Waals surface area contributed by atoms with Gasteiger partial charge >= 0.3 is 0 Å². The fourth-order valence-corrected chi connectivity index (χ4v) is 3.87. The summed E-state index contributed by atoms with van der Waals surface area (Å²) in [5.74, 6) is 1.99. The predicted octanol–water partition coefficient (Wildman–Crippen LogP) is 2.47. The lowest BCUT2D eigenvalue weighted by Crippen LogP contribution is -2.74. The van der Waals surface area contributed by atoms with E-state index in [1.54, 1.807) is 24.3 Å². The molecule has 2 N–H and O–H groups in total. The minimum atomic E-state index is 0.0423. The van der Waals surface area contributed by atoms with Crippen molar-refractivity contribution >= 4 is 11.6 Å². The lowest BCUT2D eigenvalue weighted by Gasteiger charge is -2.67. The van der Waals surface area contributed by atoms with Crippen LogP contribution in [0, 0.1) is 0 Å². The van der Waals surface area contributed by atoms with Gasteiger partial charge in [0.05, 0.1) is 26.4 Å². The molecule has 2 aromatic rings. The molecule has 4 fully saturated rings. The molecule has 0 unspecified atom stereocenters. The van der Waals surface area contributed by atoms with E-state index in [1.807, 2.05) is 0 Å². The molecule has 1 aromatic heterocycles. The van der Waals surface area contributed by atoms with E-state index in [2.05, 4.69) is 10.1 Å². The molecule has 0 amide bonds. The highest BCUT2D eigenvalue weighted by Gasteiger charge is 2.68. The molecule has 6 rings (SSSR count). The molecular weight excluding hydrogens is 358 g/mol. The summed E-state index contributed by atoms with van der Waals surface area (Å²) in [7, 11) is 0. The molecule has 140 valence electrons. The van der Waals surface area contributed by atoms with E-state index in [9.17, 15) is 0 Å². The van der Waals surface area contributed by atoms with Gasteiger partial charge in [-0.15, -0.1) is 0 Å². The standard InChI is InChI=1S/C14H14ClN3O2.C4H8O2/c15-9-1-3-10(4-2-9)19-5-11-17-12(18-20-11)13-6-14(16,7-13)8-13;1-2-6-4-3-5-1/h1-4H,5-8,16H2;1-4H2. The van der Waals surface area contributed by atoms with E-state index in [1.165, 1.54) is 0 Å². The first-order valence-electron chi connectivity index (χ1n) is 8.73. The Morgan fingerprint density at radius 2 is 1.65 bits per heavy atom. The highest BCUT2D eigenvalue weighted by Crippen LogP contribution is 2.65. The Balaban J connectivity index is 0.000000240. The molecule has 2 heterocycles. The average molecular weight is 380 g/mol. The van der Waals surface area contributed by atoms with Gasteiger partial charge < -0.3 is 24.5 Å². The van der Waals surface area contributed by atoms with Gasteiger partial charge in [-0.25, -0.2) is 0 Å². The zero-order chi connectivity index (χ0) is 18.0. The maximum Gasteiger partial charge on any atom is 0.264 e. The lowest BCUT2D eigenvalue weighted by atomic mass is 9.39. The van der Waals surface area contributed by atoms with E-state index in [4.69, 9.17) is 36.1 Å². The van der Waals surface area contributed by atoms with Gasteiger partial charge in [0.2, 0.25) is 0 Å². The Kier molecular flexibility index (Phi) is 4.88. The summed E-state index contributed by atoms with van der Waals surface area (Å²) < 4.78 is 20.7. The topological polar surface area (TPSA) is 92.6 Å². The highest BCUT2D eigenvalue weighted by atomic mass is 35.5. The van der Waals surface area contributed by atoms with Crippen molar-refractivity contribution in [2.75, 3.05) is 26.4 Å². The molecule has 26 heavy (non-hydrogen) atoms. The number of hydrogen-bond donors (Lipinski definition) is 1. The van der Waals surface area contributed by atoms with E-state index in [0.717, 1.165) is 57.3 Å². The van der Waals surface area contributed by atoms with Crippen molar-refractivity contribution < 1.29 is 18.7 Å². The van der Waals surface area contributed by atoms with Crippen LogP contribution in [0.25, 0.3) is 0 Å². The van der Waals surface area contributed by atoms with Crippen molar-refractivity contribution in [3.05, 3.63) is 41.0 Å². The highest BCUT2D eigenvalue weighted by molar-refractivity contribution is 6.30. The SMILES string of the molecule is C1COCCO1.NC12CC(c3noc(COc4ccc(Cl)cc4)n3)(C1)C2. The molecule has 0 spiro atoms. The Hall–Kier alpha value is -1.67. The van der Waals surface area contributed by atoms with Crippen molar-refractivity contribution in [3.8, 4) is 5.75 Å². The largest absolute Gasteiger partial charge is 0.484 e. The molecule has 1 aliphatic heterocycles. The second kappa shape index (κ2) is 7.15. The zero-order valence-electron chi connectivity index (χ0n) is 14.4. The maximum atomic E-state index is 6.04. The first-order chi connectivity index (χ1) is 12.6. The Bertz CT molecular complexity index is 714. The summed E-state index contributed by atoms with van der Waals surface area (Å²) >= 11 is 5.81. The molecule has 1 aromatic carbocycles. The van der Waals surface area contributed by atoms with Crippen molar-refractivity contribution in [2.24, 2.45) is 5.73 Å². The zero-order valence-corrected chi connectivity index (χ0v) is 15.2. The Morgan fingerprint density at radius 3 is 2.19 bits per heavy atom. The molecule has 7 nitrogen and oxygen atoms in total. The summed E-state index contributed by atoms with van der Waals surface area (Å²) in [6.45, 7) is 3.37. The minimum Gasteiger partial charge on any atom is -0.484 e. The smallest absolute Gasteiger partial charge is 0.264 e. The van der Waals surface area contributed by atoms with E-state index < -0.39 is 0 Å². The fourth-order valence-electron chi connectivity index (χ4n) is 3.75. The molecule has 1 saturated heterocycles. The first-order valence-corrected chi connectivity index (χ1v) is 9.11. The maximum absolute atomic E-state index is 6.04. The van der Waals surface area contributed by atoms with Crippen LogP contribution in [0.1, 0.15) is 31.0 Å². The monoisotopic (exact) mass is 379 g/mol. The second-order valence-corrected chi connectivity index (χ2v) is 7.59. The van der Waals surface area contributed by atoms with Gasteiger partial charge in [0, 0.05) is 16.0 Å². The molecule has 0 atom stereocenters. The van der Waals surface area contributed by atoms with Crippen molar-refractivity contribution in [1.29, 1.82) is 0 Å². The number of benzene rings is 1. The summed E-state index contributed by atoms with van der Waals surface area (Å²) in [5, 5.41) is 4.74. The quantitative estimate of drug-likeness (QED) is 0.872. The normalized spacial score (nSPS) is 29.0. The number of ether oxygens (including phenoxy) is 3. The van der Waals surface area contributed by atoms with Crippen molar-refractivity contribution in [2.45, 2.75) is 36.8 Å². The molecule has 3 aliphatic carbocycles. The molecule has 3 saturated carbocycles. The summed E-state index contributed by atoms with van der Waals surface area (Å²) in [6.07, 6.45) is 2.91. The van der Waals surface area contributed by atoms with Gasteiger partial charge in [-0.2, -0.15) is 4.98 Å². The number of nitrogens with zero attached hydrogens (tertiary/aromatic N) is 2. The van der Waals surface area contributed by atoms with E-state index in [0.29, 0.717) is 10.9 Å². The van der Waals surface area contributed by atoms with Gasteiger partial charge in [-0.3, -0.25) is 0 Å². The Labute approximate surface area is 156 Å². The van der Waals surface area contributed by atoms with Gasteiger partial charge in [0.1, 0.15) is 5.75 Å². The second-order valence-electron chi connectivity index (χ2n) is 7.15. The third-order valence-corrected chi connectivity index (χ3v) is 5.19. The van der Waals surface area contributed by atoms with Gasteiger partial charge in [-0.1, -0.05) is 16.8 Å². The third-order valence-electron chi connectivity index (χ3n) is 4.93. The lowest BCUT2D eigenvalue weighted by molar-refractivity contribution is -0.0664. The van der Waals surface area contributed by atoms with Crippen LogP contribution in [0.2, 0.25) is 5.02 Å². The average Bonchev–Trinajstić information content (AvgIpc) is 3.09. The van der Waals surface area contributed by atoms with Crippen LogP contribution in [0.3, 0.4) is 0 Å². The van der Waals surface area contributed by atoms with Crippen LogP contribution in [0.15, 0.2) is 28.8 Å². The van der Waals surface area contributed by atoms with Crippen LogP contribution in [-0.4, -0.2) is 42.1 Å². The van der Waals surface area contributed by atoms with Crippen LogP contribution >= 0.6 is 11.6 Å². The van der Waals surface area contributed by atoms with Crippen LogP contribution in [0.4, 0.5) is 0 Å². The number of hydrogen-bond acceptors (Lipinski definition) is 7. The van der Waals surface area contributed by atoms with E-state index >= 15 is 0 Å². The molecule has 0 radical (unpaired) electrons. The third kappa shape index (κ3) is 3.71. The minimum absolute atomic E-state index is 0.0423. The van der Waals surface area contributed by atoms with Crippen LogP contribution in [-0.2, 0) is 21.5 Å². The van der Waals surface area contributed by atoms with Gasteiger partial charge in [-0.05, 0) is 43.5 Å². The molecular formula is C18H22ClN3O4. The van der Waals surface area contributed by atoms with Crippen molar-refractivity contribution in [1.82, 2.24) is 10.1 Å². The molecule has 8 heteroatoms. The van der Waals surface area contributed by atoms with Crippen molar-refractivity contribution in [3.63, 3.8) is 0 Å². The Morgan fingerprint density at radius 1 is 1.04 bits per heavy atom. The number of halogens is 1. The summed E-state index contributed by atoms with van der Waals surface area (Å²) in [5.41, 5.74) is 6.16. The van der Waals surface area contributed by atoms with Gasteiger partial charge in [0.15, 0.2) is 12.4 Å². The number of aromatic nitrogens is 2. The van der Waals surface area contributed by atoms with Crippen LogP contribution < -0.4 is 10.5 Å². The first kappa shape index (κ1) is 17.7.